The third-order valence-electron chi connectivity index (χ3n) is 3.23. The molecule has 0 aliphatic carbocycles. The van der Waals surface area contributed by atoms with E-state index in [4.69, 9.17) is 12.2 Å². The first-order valence-electron chi connectivity index (χ1n) is 7.65. The third kappa shape index (κ3) is 5.24. The molecule has 1 aromatic carbocycles. The standard InChI is InChI=1S/C16H20N6OS/c1-4-22-20-15(19-21-22)18-16(24)17-14(23)10-7-12-5-8-13(9-6-12)11(2)3/h5-11H,4H2,1-3H3,(H2,17,18,20,23,24)/b10-7+. The number of aryl methyl sites for hydroxylation is 1. The van der Waals surface area contributed by atoms with Gasteiger partial charge in [-0.2, -0.15) is 4.80 Å². The van der Waals surface area contributed by atoms with Crippen molar-refractivity contribution < 1.29 is 4.79 Å². The van der Waals surface area contributed by atoms with Crippen molar-refractivity contribution in [1.29, 1.82) is 0 Å². The van der Waals surface area contributed by atoms with Crippen molar-refractivity contribution in [3.8, 4) is 0 Å². The molecule has 1 aromatic heterocycles. The molecule has 0 radical (unpaired) electrons. The van der Waals surface area contributed by atoms with Gasteiger partial charge in [0.15, 0.2) is 5.11 Å². The highest BCUT2D eigenvalue weighted by Gasteiger charge is 2.06. The lowest BCUT2D eigenvalue weighted by atomic mass is 10.0. The molecule has 8 heteroatoms. The van der Waals surface area contributed by atoms with Gasteiger partial charge in [0, 0.05) is 6.08 Å². The minimum atomic E-state index is -0.330. The van der Waals surface area contributed by atoms with Crippen molar-refractivity contribution in [3.05, 3.63) is 41.5 Å². The van der Waals surface area contributed by atoms with E-state index in [0.717, 1.165) is 5.56 Å². The summed E-state index contributed by atoms with van der Waals surface area (Å²) in [5.74, 6) is 0.396. The predicted octanol–water partition coefficient (Wildman–Crippen LogP) is 2.34. The highest BCUT2D eigenvalue weighted by atomic mass is 32.1. The first-order valence-corrected chi connectivity index (χ1v) is 8.06. The van der Waals surface area contributed by atoms with Gasteiger partial charge >= 0.3 is 0 Å². The van der Waals surface area contributed by atoms with Crippen molar-refractivity contribution in [3.63, 3.8) is 0 Å². The second-order valence-electron chi connectivity index (χ2n) is 5.40. The van der Waals surface area contributed by atoms with Crippen LogP contribution < -0.4 is 10.6 Å². The highest BCUT2D eigenvalue weighted by Crippen LogP contribution is 2.15. The summed E-state index contributed by atoms with van der Waals surface area (Å²) in [5.41, 5.74) is 2.20. The Bertz CT molecular complexity index is 735. The van der Waals surface area contributed by atoms with Crippen molar-refractivity contribution in [2.45, 2.75) is 33.2 Å². The molecule has 0 aliphatic heterocycles. The van der Waals surface area contributed by atoms with E-state index in [1.54, 1.807) is 6.08 Å². The summed E-state index contributed by atoms with van der Waals surface area (Å²) in [6.07, 6.45) is 3.16. The lowest BCUT2D eigenvalue weighted by Crippen LogP contribution is -2.33. The number of carbonyl (C=O) groups is 1. The molecule has 0 atom stereocenters. The van der Waals surface area contributed by atoms with E-state index < -0.39 is 0 Å². The number of aromatic nitrogens is 4. The molecule has 2 rings (SSSR count). The largest absolute Gasteiger partial charge is 0.299 e. The van der Waals surface area contributed by atoms with E-state index in [2.05, 4.69) is 52.0 Å². The molecule has 0 spiro atoms. The SMILES string of the molecule is CCn1nnc(NC(=S)NC(=O)/C=C/c2ccc(C(C)C)cc2)n1. The Labute approximate surface area is 146 Å². The fraction of sp³-hybridized carbons (Fsp3) is 0.312. The molecule has 0 saturated carbocycles. The Balaban J connectivity index is 1.86. The smallest absolute Gasteiger partial charge is 0.269 e. The van der Waals surface area contributed by atoms with E-state index in [0.29, 0.717) is 12.5 Å². The van der Waals surface area contributed by atoms with Gasteiger partial charge in [-0.05, 0) is 47.5 Å². The quantitative estimate of drug-likeness (QED) is 0.640. The molecule has 2 aromatic rings. The Morgan fingerprint density at radius 2 is 2.04 bits per heavy atom. The molecule has 1 heterocycles. The molecular weight excluding hydrogens is 324 g/mol. The number of hydrogen-bond donors (Lipinski definition) is 2. The molecular formula is C16H20N6OS. The fourth-order valence-electron chi connectivity index (χ4n) is 1.88. The van der Waals surface area contributed by atoms with E-state index in [1.807, 2.05) is 19.1 Å². The number of thiocarbonyl (C=S) groups is 1. The third-order valence-corrected chi connectivity index (χ3v) is 3.43. The van der Waals surface area contributed by atoms with Crippen LogP contribution in [0.3, 0.4) is 0 Å². The van der Waals surface area contributed by atoms with Gasteiger partial charge in [0.1, 0.15) is 0 Å². The van der Waals surface area contributed by atoms with Crippen LogP contribution in [0.5, 0.6) is 0 Å². The summed E-state index contributed by atoms with van der Waals surface area (Å²) in [4.78, 5) is 13.3. The molecule has 126 valence electrons. The van der Waals surface area contributed by atoms with Crippen LogP contribution in [0.1, 0.15) is 37.8 Å². The Kier molecular flexibility index (Phi) is 6.14. The van der Waals surface area contributed by atoms with Gasteiger partial charge in [0.2, 0.25) is 5.91 Å². The van der Waals surface area contributed by atoms with Gasteiger partial charge in [0.25, 0.3) is 5.95 Å². The number of nitrogens with one attached hydrogen (secondary N) is 2. The van der Waals surface area contributed by atoms with E-state index in [1.165, 1.54) is 16.4 Å². The number of hydrogen-bond acceptors (Lipinski definition) is 5. The Hall–Kier alpha value is -2.61. The summed E-state index contributed by atoms with van der Waals surface area (Å²) in [5, 5.41) is 16.9. The number of rotatable bonds is 5. The number of amides is 1. The van der Waals surface area contributed by atoms with Crippen LogP contribution in [-0.4, -0.2) is 31.2 Å². The average molecular weight is 344 g/mol. The molecule has 24 heavy (non-hydrogen) atoms. The summed E-state index contributed by atoms with van der Waals surface area (Å²) < 4.78 is 0. The molecule has 0 saturated heterocycles. The highest BCUT2D eigenvalue weighted by molar-refractivity contribution is 7.80. The minimum Gasteiger partial charge on any atom is -0.299 e. The van der Waals surface area contributed by atoms with Crippen molar-refractivity contribution in [2.24, 2.45) is 0 Å². The van der Waals surface area contributed by atoms with Crippen molar-refractivity contribution in [1.82, 2.24) is 25.5 Å². The topological polar surface area (TPSA) is 84.7 Å². The first kappa shape index (κ1) is 17.7. The number of nitrogens with zero attached hydrogens (tertiary/aromatic N) is 4. The van der Waals surface area contributed by atoms with Gasteiger partial charge in [-0.25, -0.2) is 0 Å². The number of tetrazole rings is 1. The summed E-state index contributed by atoms with van der Waals surface area (Å²) in [6, 6.07) is 8.06. The van der Waals surface area contributed by atoms with Crippen LogP contribution in [0, 0.1) is 0 Å². The molecule has 1 amide bonds. The van der Waals surface area contributed by atoms with E-state index in [-0.39, 0.29) is 17.0 Å². The molecule has 0 unspecified atom stereocenters. The van der Waals surface area contributed by atoms with Crippen LogP contribution in [0.15, 0.2) is 30.3 Å². The number of carbonyl (C=O) groups excluding carboxylic acids is 1. The van der Waals surface area contributed by atoms with Gasteiger partial charge < -0.3 is 0 Å². The normalized spacial score (nSPS) is 11.0. The van der Waals surface area contributed by atoms with Gasteiger partial charge in [0.05, 0.1) is 6.54 Å². The number of benzene rings is 1. The van der Waals surface area contributed by atoms with E-state index >= 15 is 0 Å². The maximum absolute atomic E-state index is 11.9. The van der Waals surface area contributed by atoms with Gasteiger partial charge in [-0.3, -0.25) is 15.4 Å². The van der Waals surface area contributed by atoms with Gasteiger partial charge in [-0.1, -0.05) is 43.2 Å². The fourth-order valence-corrected chi connectivity index (χ4v) is 2.07. The summed E-state index contributed by atoms with van der Waals surface area (Å²) in [7, 11) is 0. The maximum Gasteiger partial charge on any atom is 0.269 e. The monoisotopic (exact) mass is 344 g/mol. The Morgan fingerprint density at radius 1 is 1.33 bits per heavy atom. The van der Waals surface area contributed by atoms with Crippen molar-refractivity contribution in [2.75, 3.05) is 5.32 Å². The van der Waals surface area contributed by atoms with Gasteiger partial charge in [-0.15, -0.1) is 5.10 Å². The maximum atomic E-state index is 11.9. The van der Waals surface area contributed by atoms with Crippen LogP contribution in [0.4, 0.5) is 5.95 Å². The zero-order valence-electron chi connectivity index (χ0n) is 13.9. The number of anilines is 1. The lowest BCUT2D eigenvalue weighted by Gasteiger charge is -2.05. The van der Waals surface area contributed by atoms with Crippen molar-refractivity contribution >= 4 is 35.3 Å². The molecule has 0 bridgehead atoms. The second-order valence-corrected chi connectivity index (χ2v) is 5.81. The second kappa shape index (κ2) is 8.30. The average Bonchev–Trinajstić information content (AvgIpc) is 3.00. The Morgan fingerprint density at radius 3 is 2.62 bits per heavy atom. The molecule has 2 N–H and O–H groups in total. The zero-order chi connectivity index (χ0) is 17.5. The van der Waals surface area contributed by atoms with Crippen LogP contribution >= 0.6 is 12.2 Å². The zero-order valence-corrected chi connectivity index (χ0v) is 14.7. The van der Waals surface area contributed by atoms with Crippen LogP contribution in [0.25, 0.3) is 6.08 Å². The first-order chi connectivity index (χ1) is 11.5. The minimum absolute atomic E-state index is 0.121. The molecule has 7 nitrogen and oxygen atoms in total. The summed E-state index contributed by atoms with van der Waals surface area (Å²) >= 11 is 5.04. The van der Waals surface area contributed by atoms with Crippen LogP contribution in [-0.2, 0) is 11.3 Å². The summed E-state index contributed by atoms with van der Waals surface area (Å²) in [6.45, 7) is 6.77. The molecule has 0 aliphatic rings. The predicted molar refractivity (Wildman–Crippen MR) is 97.4 cm³/mol. The van der Waals surface area contributed by atoms with E-state index in [9.17, 15) is 4.79 Å². The molecule has 0 fully saturated rings. The van der Waals surface area contributed by atoms with Crippen LogP contribution in [0.2, 0.25) is 0 Å². The lowest BCUT2D eigenvalue weighted by molar-refractivity contribution is -0.115.